The molecule has 17 heavy (non-hydrogen) atoms. The molecular formula is C12H13N3O2. The van der Waals surface area contributed by atoms with Crippen LogP contribution in [0.3, 0.4) is 0 Å². The van der Waals surface area contributed by atoms with Gasteiger partial charge in [-0.2, -0.15) is 0 Å². The fourth-order valence-electron chi connectivity index (χ4n) is 1.74. The Labute approximate surface area is 98.0 Å². The van der Waals surface area contributed by atoms with Crippen LogP contribution in [0.25, 0.3) is 10.9 Å². The minimum absolute atomic E-state index is 0.392. The molecule has 2 amide bonds. The van der Waals surface area contributed by atoms with Gasteiger partial charge in [0.2, 0.25) is 0 Å². The lowest BCUT2D eigenvalue weighted by atomic mass is 10.1. The van der Waals surface area contributed by atoms with Crippen molar-refractivity contribution in [1.82, 2.24) is 10.3 Å². The highest BCUT2D eigenvalue weighted by molar-refractivity contribution is 6.34. The second kappa shape index (κ2) is 4.69. The van der Waals surface area contributed by atoms with Gasteiger partial charge in [-0.1, -0.05) is 18.2 Å². The fraction of sp³-hybridized carbons (Fsp3) is 0.167. The first-order valence-corrected chi connectivity index (χ1v) is 5.31. The summed E-state index contributed by atoms with van der Waals surface area (Å²) in [7, 11) is 0. The van der Waals surface area contributed by atoms with Crippen molar-refractivity contribution < 1.29 is 9.59 Å². The molecule has 0 unspecified atom stereocenters. The monoisotopic (exact) mass is 231 g/mol. The lowest BCUT2D eigenvalue weighted by Gasteiger charge is -2.01. The summed E-state index contributed by atoms with van der Waals surface area (Å²) >= 11 is 0. The van der Waals surface area contributed by atoms with E-state index >= 15 is 0 Å². The maximum absolute atomic E-state index is 10.9. The quantitative estimate of drug-likeness (QED) is 0.664. The molecule has 1 heterocycles. The molecule has 0 radical (unpaired) electrons. The van der Waals surface area contributed by atoms with Crippen molar-refractivity contribution in [1.29, 1.82) is 0 Å². The van der Waals surface area contributed by atoms with Gasteiger partial charge in [-0.25, -0.2) is 0 Å². The van der Waals surface area contributed by atoms with Crippen molar-refractivity contribution in [2.24, 2.45) is 5.73 Å². The van der Waals surface area contributed by atoms with Gasteiger partial charge in [0.05, 0.1) is 0 Å². The number of hydrogen-bond acceptors (Lipinski definition) is 2. The molecule has 0 spiro atoms. The van der Waals surface area contributed by atoms with E-state index < -0.39 is 11.8 Å². The van der Waals surface area contributed by atoms with Gasteiger partial charge in [-0.15, -0.1) is 0 Å². The zero-order valence-electron chi connectivity index (χ0n) is 9.19. The Morgan fingerprint density at radius 1 is 1.29 bits per heavy atom. The molecular weight excluding hydrogens is 218 g/mol. The maximum Gasteiger partial charge on any atom is 0.309 e. The molecule has 0 aliphatic rings. The number of hydrogen-bond donors (Lipinski definition) is 3. The Hall–Kier alpha value is -2.30. The summed E-state index contributed by atoms with van der Waals surface area (Å²) in [6.45, 7) is 0.392. The number of carbonyl (C=O) groups excluding carboxylic acids is 2. The van der Waals surface area contributed by atoms with Gasteiger partial charge in [0.1, 0.15) is 0 Å². The van der Waals surface area contributed by atoms with Crippen LogP contribution in [0.15, 0.2) is 30.5 Å². The summed E-state index contributed by atoms with van der Waals surface area (Å²) in [5.74, 6) is -1.70. The highest BCUT2D eigenvalue weighted by atomic mass is 16.2. The molecule has 5 nitrogen and oxygen atoms in total. The lowest BCUT2D eigenvalue weighted by Crippen LogP contribution is -2.36. The Kier molecular flexibility index (Phi) is 3.09. The highest BCUT2D eigenvalue weighted by Crippen LogP contribution is 2.17. The van der Waals surface area contributed by atoms with Gasteiger partial charge in [-0.05, 0) is 18.1 Å². The van der Waals surface area contributed by atoms with E-state index in [1.165, 1.54) is 0 Å². The second-order valence-electron chi connectivity index (χ2n) is 3.73. The summed E-state index contributed by atoms with van der Waals surface area (Å²) < 4.78 is 0. The molecule has 0 bridgehead atoms. The van der Waals surface area contributed by atoms with Crippen molar-refractivity contribution in [3.8, 4) is 0 Å². The third-order valence-corrected chi connectivity index (χ3v) is 2.58. The molecule has 0 saturated carbocycles. The molecule has 0 aliphatic heterocycles. The summed E-state index contributed by atoms with van der Waals surface area (Å²) in [4.78, 5) is 24.6. The number of nitrogens with two attached hydrogens (primary N) is 1. The Bertz CT molecular complexity index is 560. The van der Waals surface area contributed by atoms with Crippen LogP contribution in [-0.2, 0) is 16.0 Å². The van der Waals surface area contributed by atoms with Crippen molar-refractivity contribution in [2.45, 2.75) is 6.42 Å². The predicted octanol–water partition coefficient (Wildman–Crippen LogP) is 0.312. The van der Waals surface area contributed by atoms with Crippen molar-refractivity contribution in [2.75, 3.05) is 6.54 Å². The third-order valence-electron chi connectivity index (χ3n) is 2.58. The Morgan fingerprint density at radius 3 is 2.82 bits per heavy atom. The van der Waals surface area contributed by atoms with Crippen LogP contribution in [0.1, 0.15) is 5.56 Å². The van der Waals surface area contributed by atoms with Gasteiger partial charge in [-0.3, -0.25) is 9.59 Å². The average molecular weight is 231 g/mol. The second-order valence-corrected chi connectivity index (χ2v) is 3.73. The molecule has 2 rings (SSSR count). The van der Waals surface area contributed by atoms with Crippen LogP contribution in [-0.4, -0.2) is 23.3 Å². The fourth-order valence-corrected chi connectivity index (χ4v) is 1.74. The lowest BCUT2D eigenvalue weighted by molar-refractivity contribution is -0.137. The zero-order valence-corrected chi connectivity index (χ0v) is 9.19. The Morgan fingerprint density at radius 2 is 2.06 bits per heavy atom. The van der Waals surface area contributed by atoms with E-state index in [0.29, 0.717) is 13.0 Å². The number of aromatic nitrogens is 1. The van der Waals surface area contributed by atoms with E-state index in [1.807, 2.05) is 30.5 Å². The molecule has 5 heteroatoms. The van der Waals surface area contributed by atoms with E-state index in [1.54, 1.807) is 0 Å². The van der Waals surface area contributed by atoms with Gasteiger partial charge in [0.15, 0.2) is 0 Å². The topological polar surface area (TPSA) is 88.0 Å². The number of H-pyrrole nitrogens is 1. The number of aromatic amines is 1. The first kappa shape index (κ1) is 11.2. The van der Waals surface area contributed by atoms with Gasteiger partial charge >= 0.3 is 11.8 Å². The summed E-state index contributed by atoms with van der Waals surface area (Å²) in [6.07, 6.45) is 2.56. The van der Waals surface area contributed by atoms with Crippen LogP contribution in [0.4, 0.5) is 0 Å². The van der Waals surface area contributed by atoms with Crippen LogP contribution in [0.5, 0.6) is 0 Å². The molecule has 0 fully saturated rings. The maximum atomic E-state index is 10.9. The van der Waals surface area contributed by atoms with Gasteiger partial charge < -0.3 is 16.0 Å². The molecule has 0 aliphatic carbocycles. The number of primary amides is 1. The predicted molar refractivity (Wildman–Crippen MR) is 64.2 cm³/mol. The van der Waals surface area contributed by atoms with E-state index in [-0.39, 0.29) is 0 Å². The normalized spacial score (nSPS) is 10.4. The molecule has 0 atom stereocenters. The number of nitrogens with one attached hydrogen (secondary N) is 2. The van der Waals surface area contributed by atoms with E-state index in [9.17, 15) is 9.59 Å². The van der Waals surface area contributed by atoms with E-state index in [4.69, 9.17) is 5.73 Å². The summed E-state index contributed by atoms with van der Waals surface area (Å²) in [5, 5.41) is 3.58. The molecule has 4 N–H and O–H groups in total. The van der Waals surface area contributed by atoms with Crippen LogP contribution >= 0.6 is 0 Å². The van der Waals surface area contributed by atoms with Crippen molar-refractivity contribution in [3.05, 3.63) is 36.0 Å². The first-order chi connectivity index (χ1) is 8.18. The van der Waals surface area contributed by atoms with Crippen molar-refractivity contribution in [3.63, 3.8) is 0 Å². The third kappa shape index (κ3) is 2.44. The SMILES string of the molecule is NC(=O)C(=O)NCCc1c[nH]c2ccccc12. The number of amides is 2. The average Bonchev–Trinajstić information content (AvgIpc) is 2.72. The van der Waals surface area contributed by atoms with Gasteiger partial charge in [0, 0.05) is 23.6 Å². The standard InChI is InChI=1S/C12H13N3O2/c13-11(16)12(17)14-6-5-8-7-15-10-4-2-1-3-9(8)10/h1-4,7,15H,5-6H2,(H2,13,16)(H,14,17). The zero-order chi connectivity index (χ0) is 12.3. The number of fused-ring (bicyclic) bond motifs is 1. The molecule has 2 aromatic rings. The number of para-hydroxylation sites is 1. The summed E-state index contributed by atoms with van der Waals surface area (Å²) in [6, 6.07) is 7.91. The smallest absolute Gasteiger partial charge is 0.309 e. The molecule has 88 valence electrons. The van der Waals surface area contributed by atoms with Crippen LogP contribution < -0.4 is 11.1 Å². The summed E-state index contributed by atoms with van der Waals surface area (Å²) in [5.41, 5.74) is 6.99. The number of carbonyl (C=O) groups is 2. The van der Waals surface area contributed by atoms with E-state index in [0.717, 1.165) is 16.5 Å². The van der Waals surface area contributed by atoms with Crippen LogP contribution in [0.2, 0.25) is 0 Å². The molecule has 1 aromatic carbocycles. The number of rotatable bonds is 3. The number of benzene rings is 1. The largest absolute Gasteiger partial charge is 0.361 e. The highest BCUT2D eigenvalue weighted by Gasteiger charge is 2.08. The first-order valence-electron chi connectivity index (χ1n) is 5.31. The minimum atomic E-state index is -0.955. The van der Waals surface area contributed by atoms with Crippen molar-refractivity contribution >= 4 is 22.7 Å². The molecule has 1 aromatic heterocycles. The minimum Gasteiger partial charge on any atom is -0.361 e. The Balaban J connectivity index is 2.00. The van der Waals surface area contributed by atoms with Crippen LogP contribution in [0, 0.1) is 0 Å². The van der Waals surface area contributed by atoms with Gasteiger partial charge in [0.25, 0.3) is 0 Å². The molecule has 0 saturated heterocycles. The van der Waals surface area contributed by atoms with E-state index in [2.05, 4.69) is 10.3 Å².